The van der Waals surface area contributed by atoms with Crippen molar-refractivity contribution in [3.05, 3.63) is 48.6 Å². The van der Waals surface area contributed by atoms with Crippen molar-refractivity contribution in [2.45, 2.75) is 252 Å². The smallest absolute Gasteiger partial charge is 0.462 e. The summed E-state index contributed by atoms with van der Waals surface area (Å²) < 4.78 is 32.8. The second-order valence-electron chi connectivity index (χ2n) is 16.8. The first-order chi connectivity index (χ1) is 29.8. The van der Waals surface area contributed by atoms with Gasteiger partial charge < -0.3 is 14.4 Å². The Hall–Kier alpha value is -1.99. The molecular formula is C52H95O8P. The van der Waals surface area contributed by atoms with E-state index in [1.807, 2.05) is 0 Å². The zero-order valence-corrected chi connectivity index (χ0v) is 40.7. The number of ether oxygens (including phenoxy) is 2. The van der Waals surface area contributed by atoms with Gasteiger partial charge in [-0.15, -0.1) is 0 Å². The fourth-order valence-electron chi connectivity index (χ4n) is 7.21. The molecule has 0 aliphatic carbocycles. The van der Waals surface area contributed by atoms with Crippen molar-refractivity contribution >= 4 is 19.8 Å². The van der Waals surface area contributed by atoms with Crippen LogP contribution in [0.25, 0.3) is 0 Å². The van der Waals surface area contributed by atoms with Gasteiger partial charge >= 0.3 is 19.8 Å². The van der Waals surface area contributed by atoms with Gasteiger partial charge in [0.2, 0.25) is 0 Å². The highest BCUT2D eigenvalue weighted by Gasteiger charge is 2.25. The standard InChI is InChI=1S/C52H95O8P/c1-4-7-9-11-13-15-17-19-21-23-25-27-29-31-33-35-37-39-41-43-45-47-52(54)60-50(49-59-61(55,56)58-6-3)48-57-51(53)46-44-42-40-38-36-34-32-30-28-26-24-22-20-18-16-14-12-10-8-5-2/h7,9,13,15,19,21,25,27,50H,4-6,8,10-12,14,16-18,20,22-24,26,28-49H2,1-3H3,(H,55,56)/b9-7-,15-13-,21-19-,27-25-. The molecule has 0 aliphatic rings. The van der Waals surface area contributed by atoms with Crippen molar-refractivity contribution < 1.29 is 37.6 Å². The molecule has 0 rings (SSSR count). The summed E-state index contributed by atoms with van der Waals surface area (Å²) >= 11 is 0. The number of carbonyl (C=O) groups is 2. The molecule has 2 unspecified atom stereocenters. The SMILES string of the molecule is CC/C=C\C/C=C\C/C=C\C/C=C\CCCCCCCCCCC(=O)OC(COC(=O)CCCCCCCCCCCCCCCCCCCCCC)COP(=O)(O)OCC. The van der Waals surface area contributed by atoms with Gasteiger partial charge in [0.05, 0.1) is 13.2 Å². The normalized spacial score (nSPS) is 13.6. The molecule has 0 aromatic rings. The van der Waals surface area contributed by atoms with Crippen LogP contribution in [0.15, 0.2) is 48.6 Å². The van der Waals surface area contributed by atoms with E-state index in [1.54, 1.807) is 6.92 Å². The molecule has 0 aromatic heterocycles. The maximum absolute atomic E-state index is 12.6. The first kappa shape index (κ1) is 59.0. The molecule has 8 nitrogen and oxygen atoms in total. The topological polar surface area (TPSA) is 108 Å². The fourth-order valence-corrected chi connectivity index (χ4v) is 7.97. The highest BCUT2D eigenvalue weighted by atomic mass is 31.2. The van der Waals surface area contributed by atoms with Gasteiger partial charge in [0, 0.05) is 12.8 Å². The lowest BCUT2D eigenvalue weighted by molar-refractivity contribution is -0.161. The highest BCUT2D eigenvalue weighted by molar-refractivity contribution is 7.47. The van der Waals surface area contributed by atoms with Crippen LogP contribution in [0.1, 0.15) is 245 Å². The molecular weight excluding hydrogens is 784 g/mol. The van der Waals surface area contributed by atoms with Crippen molar-refractivity contribution in [3.63, 3.8) is 0 Å². The number of esters is 2. The first-order valence-electron chi connectivity index (χ1n) is 25.4. The number of carbonyl (C=O) groups excluding carboxylic acids is 2. The van der Waals surface area contributed by atoms with Gasteiger partial charge in [-0.1, -0.05) is 223 Å². The van der Waals surface area contributed by atoms with Gasteiger partial charge in [0.15, 0.2) is 6.10 Å². The number of rotatable bonds is 47. The third kappa shape index (κ3) is 47.3. The van der Waals surface area contributed by atoms with Crippen LogP contribution in [0.5, 0.6) is 0 Å². The zero-order chi connectivity index (χ0) is 44.6. The van der Waals surface area contributed by atoms with Crippen LogP contribution in [0.3, 0.4) is 0 Å². The van der Waals surface area contributed by atoms with E-state index in [1.165, 1.54) is 135 Å². The number of unbranched alkanes of at least 4 members (excludes halogenated alkanes) is 27. The van der Waals surface area contributed by atoms with Crippen LogP contribution >= 0.6 is 7.82 Å². The van der Waals surface area contributed by atoms with Crippen molar-refractivity contribution in [1.29, 1.82) is 0 Å². The largest absolute Gasteiger partial charge is 0.472 e. The predicted molar refractivity (Wildman–Crippen MR) is 258 cm³/mol. The van der Waals surface area contributed by atoms with E-state index in [4.69, 9.17) is 18.5 Å². The lowest BCUT2D eigenvalue weighted by atomic mass is 10.0. The Morgan fingerprint density at radius 1 is 0.459 bits per heavy atom. The summed E-state index contributed by atoms with van der Waals surface area (Å²) in [6.45, 7) is 5.40. The van der Waals surface area contributed by atoms with Crippen LogP contribution < -0.4 is 0 Å². The van der Waals surface area contributed by atoms with Gasteiger partial charge in [-0.05, 0) is 58.3 Å². The van der Waals surface area contributed by atoms with Gasteiger partial charge in [-0.2, -0.15) is 0 Å². The van der Waals surface area contributed by atoms with Crippen LogP contribution in [-0.4, -0.2) is 42.8 Å². The molecule has 0 bridgehead atoms. The van der Waals surface area contributed by atoms with Crippen LogP contribution in [0, 0.1) is 0 Å². The maximum atomic E-state index is 12.6. The summed E-state index contributed by atoms with van der Waals surface area (Å²) in [7, 11) is -4.29. The first-order valence-corrected chi connectivity index (χ1v) is 26.9. The van der Waals surface area contributed by atoms with E-state index < -0.39 is 26.5 Å². The monoisotopic (exact) mass is 879 g/mol. The maximum Gasteiger partial charge on any atom is 0.472 e. The minimum absolute atomic E-state index is 0.00127. The Balaban J connectivity index is 3.98. The Morgan fingerprint density at radius 2 is 0.836 bits per heavy atom. The molecule has 0 fully saturated rings. The Bertz CT molecular complexity index is 1130. The average Bonchev–Trinajstić information content (AvgIpc) is 3.24. The number of hydrogen-bond acceptors (Lipinski definition) is 7. The van der Waals surface area contributed by atoms with E-state index in [0.717, 1.165) is 70.6 Å². The molecule has 0 radical (unpaired) electrons. The summed E-state index contributed by atoms with van der Waals surface area (Å²) in [5.41, 5.74) is 0. The average molecular weight is 879 g/mol. The van der Waals surface area contributed by atoms with E-state index >= 15 is 0 Å². The van der Waals surface area contributed by atoms with Crippen LogP contribution in [-0.2, 0) is 32.7 Å². The summed E-state index contributed by atoms with van der Waals surface area (Å²) in [5.74, 6) is -0.797. The van der Waals surface area contributed by atoms with E-state index in [9.17, 15) is 19.0 Å². The minimum Gasteiger partial charge on any atom is -0.462 e. The van der Waals surface area contributed by atoms with Gasteiger partial charge in [0.1, 0.15) is 6.61 Å². The number of hydrogen-bond donors (Lipinski definition) is 1. The van der Waals surface area contributed by atoms with Crippen molar-refractivity contribution in [1.82, 2.24) is 0 Å². The van der Waals surface area contributed by atoms with Crippen molar-refractivity contribution in [2.75, 3.05) is 19.8 Å². The van der Waals surface area contributed by atoms with E-state index in [-0.39, 0.29) is 25.6 Å². The number of allylic oxidation sites excluding steroid dienone is 8. The Kier molecular flexibility index (Phi) is 45.9. The number of phosphoric ester groups is 1. The van der Waals surface area contributed by atoms with E-state index in [2.05, 4.69) is 62.5 Å². The molecule has 0 heterocycles. The molecule has 0 aliphatic heterocycles. The quantitative estimate of drug-likeness (QED) is 0.0279. The lowest BCUT2D eigenvalue weighted by Crippen LogP contribution is -2.29. The van der Waals surface area contributed by atoms with Crippen LogP contribution in [0.4, 0.5) is 0 Å². The molecule has 0 spiro atoms. The fraction of sp³-hybridized carbons (Fsp3) is 0.808. The summed E-state index contributed by atoms with van der Waals surface area (Å²) in [4.78, 5) is 34.9. The molecule has 2 atom stereocenters. The second-order valence-corrected chi connectivity index (χ2v) is 18.3. The Morgan fingerprint density at radius 3 is 1.26 bits per heavy atom. The molecule has 0 saturated carbocycles. The lowest BCUT2D eigenvalue weighted by Gasteiger charge is -2.19. The Labute approximate surface area is 376 Å². The molecule has 0 saturated heterocycles. The van der Waals surface area contributed by atoms with E-state index in [0.29, 0.717) is 12.8 Å². The third-order valence-electron chi connectivity index (χ3n) is 10.9. The third-order valence-corrected chi connectivity index (χ3v) is 12.0. The molecule has 0 aromatic carbocycles. The summed E-state index contributed by atoms with van der Waals surface area (Å²) in [5, 5.41) is 0. The number of phosphoric acid groups is 1. The second kappa shape index (κ2) is 47.5. The van der Waals surface area contributed by atoms with Crippen molar-refractivity contribution in [2.24, 2.45) is 0 Å². The molecule has 356 valence electrons. The van der Waals surface area contributed by atoms with Crippen molar-refractivity contribution in [3.8, 4) is 0 Å². The minimum atomic E-state index is -4.29. The molecule has 9 heteroatoms. The van der Waals surface area contributed by atoms with Gasteiger partial charge in [0.25, 0.3) is 0 Å². The summed E-state index contributed by atoms with van der Waals surface area (Å²) in [6.07, 6.45) is 57.4. The van der Waals surface area contributed by atoms with Gasteiger partial charge in [-0.3, -0.25) is 18.6 Å². The molecule has 0 amide bonds. The van der Waals surface area contributed by atoms with Gasteiger partial charge in [-0.25, -0.2) is 4.57 Å². The zero-order valence-electron chi connectivity index (χ0n) is 39.8. The molecule has 61 heavy (non-hydrogen) atoms. The highest BCUT2D eigenvalue weighted by Crippen LogP contribution is 2.43. The molecule has 1 N–H and O–H groups in total. The predicted octanol–water partition coefficient (Wildman–Crippen LogP) is 16.5. The summed E-state index contributed by atoms with van der Waals surface area (Å²) in [6, 6.07) is 0. The van der Waals surface area contributed by atoms with Crippen LogP contribution in [0.2, 0.25) is 0 Å².